The maximum Gasteiger partial charge on any atom is 0.408 e. The highest BCUT2D eigenvalue weighted by Gasteiger charge is 2.26. The number of nitro benzene ring substituents is 1. The monoisotopic (exact) mass is 326 g/mol. The van der Waals surface area contributed by atoms with Gasteiger partial charge in [0, 0.05) is 6.07 Å². The number of carboxylic acid groups (broad SMARTS) is 2. The third kappa shape index (κ3) is 5.26. The van der Waals surface area contributed by atoms with Crippen molar-refractivity contribution in [1.82, 2.24) is 5.32 Å². The number of nitro groups is 1. The van der Waals surface area contributed by atoms with E-state index >= 15 is 0 Å². The first-order valence-corrected chi connectivity index (χ1v) is 6.37. The van der Waals surface area contributed by atoms with Crippen molar-refractivity contribution >= 4 is 23.7 Å². The number of benzene rings is 1. The van der Waals surface area contributed by atoms with Crippen LogP contribution in [0.1, 0.15) is 25.0 Å². The van der Waals surface area contributed by atoms with Crippen molar-refractivity contribution in [2.45, 2.75) is 25.5 Å². The van der Waals surface area contributed by atoms with Gasteiger partial charge in [0.15, 0.2) is 0 Å². The summed E-state index contributed by atoms with van der Waals surface area (Å²) in [6.45, 7) is 1.37. The Morgan fingerprint density at radius 3 is 2.43 bits per heavy atom. The number of para-hydroxylation sites is 1. The summed E-state index contributed by atoms with van der Waals surface area (Å²) >= 11 is 0. The molecule has 0 heterocycles. The second-order valence-corrected chi connectivity index (χ2v) is 4.50. The van der Waals surface area contributed by atoms with Crippen LogP contribution in [0.2, 0.25) is 0 Å². The van der Waals surface area contributed by atoms with Crippen LogP contribution in [0.15, 0.2) is 24.3 Å². The predicted octanol–water partition coefficient (Wildman–Crippen LogP) is 1.31. The quantitative estimate of drug-likeness (QED) is 0.500. The summed E-state index contributed by atoms with van der Waals surface area (Å²) < 4.78 is 4.88. The van der Waals surface area contributed by atoms with Crippen LogP contribution in [0.4, 0.5) is 10.5 Å². The Bertz CT molecular complexity index is 630. The number of nitrogens with zero attached hydrogens (tertiary/aromatic N) is 1. The summed E-state index contributed by atoms with van der Waals surface area (Å²) in [6, 6.07) is 3.92. The van der Waals surface area contributed by atoms with Gasteiger partial charge in [0.05, 0.1) is 16.9 Å². The molecule has 1 unspecified atom stereocenters. The Hall–Kier alpha value is -3.17. The molecule has 0 aliphatic carbocycles. The molecule has 0 spiro atoms. The highest BCUT2D eigenvalue weighted by Crippen LogP contribution is 2.26. The molecule has 2 atom stereocenters. The summed E-state index contributed by atoms with van der Waals surface area (Å²) in [4.78, 5) is 43.3. The van der Waals surface area contributed by atoms with Crippen LogP contribution in [0.5, 0.6) is 0 Å². The van der Waals surface area contributed by atoms with Crippen LogP contribution < -0.4 is 5.32 Å². The fourth-order valence-corrected chi connectivity index (χ4v) is 1.77. The molecule has 10 heteroatoms. The minimum atomic E-state index is -1.67. The van der Waals surface area contributed by atoms with Gasteiger partial charge in [0.2, 0.25) is 0 Å². The molecule has 0 bridgehead atoms. The third-order valence-corrected chi connectivity index (χ3v) is 2.82. The molecule has 10 nitrogen and oxygen atoms in total. The smallest absolute Gasteiger partial charge is 0.408 e. The average molecular weight is 326 g/mol. The Balaban J connectivity index is 2.79. The number of hydrogen-bond donors (Lipinski definition) is 3. The van der Waals surface area contributed by atoms with Crippen LogP contribution in [-0.4, -0.2) is 39.2 Å². The average Bonchev–Trinajstić information content (AvgIpc) is 2.45. The van der Waals surface area contributed by atoms with Gasteiger partial charge in [-0.05, 0) is 13.0 Å². The maximum atomic E-state index is 11.6. The van der Waals surface area contributed by atoms with E-state index in [9.17, 15) is 24.5 Å². The second-order valence-electron chi connectivity index (χ2n) is 4.50. The molecule has 1 aromatic carbocycles. The van der Waals surface area contributed by atoms with E-state index in [1.54, 1.807) is 0 Å². The zero-order valence-electron chi connectivity index (χ0n) is 12.0. The molecule has 0 radical (unpaired) electrons. The normalized spacial score (nSPS) is 12.7. The van der Waals surface area contributed by atoms with Gasteiger partial charge >= 0.3 is 18.0 Å². The first-order valence-electron chi connectivity index (χ1n) is 6.37. The van der Waals surface area contributed by atoms with E-state index in [0.29, 0.717) is 0 Å². The first-order chi connectivity index (χ1) is 10.7. The number of nitrogens with one attached hydrogen (secondary N) is 1. The van der Waals surface area contributed by atoms with Gasteiger partial charge in [-0.2, -0.15) is 0 Å². The summed E-state index contributed by atoms with van der Waals surface area (Å²) in [7, 11) is 0. The van der Waals surface area contributed by atoms with E-state index < -0.39 is 41.5 Å². The standard InChI is InChI=1S/C13H14N2O8/c1-7(8-4-2-3-5-10(8)15(21)22)23-13(20)14-9(12(18)19)6-11(16)17/h2-5,7,9H,6H2,1H3,(H,14,20)(H,16,17)(H,18,19)/t7?,9-/m0/s1. The van der Waals surface area contributed by atoms with Crippen molar-refractivity contribution in [3.63, 3.8) is 0 Å². The molecule has 1 amide bonds. The van der Waals surface area contributed by atoms with Crippen molar-refractivity contribution in [3.8, 4) is 0 Å². The molecule has 124 valence electrons. The fourth-order valence-electron chi connectivity index (χ4n) is 1.77. The molecule has 0 aliphatic heterocycles. The van der Waals surface area contributed by atoms with E-state index in [1.165, 1.54) is 31.2 Å². The molecule has 0 saturated carbocycles. The molecule has 0 saturated heterocycles. The Morgan fingerprint density at radius 1 is 1.30 bits per heavy atom. The number of alkyl carbamates (subject to hydrolysis) is 1. The molecular formula is C13H14N2O8. The molecule has 3 N–H and O–H groups in total. The molecule has 0 fully saturated rings. The van der Waals surface area contributed by atoms with E-state index in [2.05, 4.69) is 0 Å². The summed E-state index contributed by atoms with van der Waals surface area (Å²) in [5, 5.41) is 30.2. The van der Waals surface area contributed by atoms with Gasteiger partial charge in [0.25, 0.3) is 5.69 Å². The van der Waals surface area contributed by atoms with Gasteiger partial charge in [-0.3, -0.25) is 14.9 Å². The fraction of sp³-hybridized carbons (Fsp3) is 0.308. The topological polar surface area (TPSA) is 156 Å². The van der Waals surface area contributed by atoms with Crippen LogP contribution in [0.25, 0.3) is 0 Å². The van der Waals surface area contributed by atoms with Crippen molar-refractivity contribution in [3.05, 3.63) is 39.9 Å². The number of carbonyl (C=O) groups is 3. The number of ether oxygens (including phenoxy) is 1. The highest BCUT2D eigenvalue weighted by molar-refractivity contribution is 5.84. The molecular weight excluding hydrogens is 312 g/mol. The van der Waals surface area contributed by atoms with Gasteiger partial charge < -0.3 is 20.3 Å². The molecule has 1 rings (SSSR count). The number of amides is 1. The molecule has 1 aromatic rings. The molecule has 0 aliphatic rings. The lowest BCUT2D eigenvalue weighted by Crippen LogP contribution is -2.42. The maximum absolute atomic E-state index is 11.6. The Labute approximate surface area is 129 Å². The predicted molar refractivity (Wildman–Crippen MR) is 74.8 cm³/mol. The SMILES string of the molecule is CC(OC(=O)N[C@@H](CC(=O)O)C(=O)O)c1ccccc1[N+](=O)[O-]. The van der Waals surface area contributed by atoms with Gasteiger partial charge in [-0.15, -0.1) is 0 Å². The summed E-state index contributed by atoms with van der Waals surface area (Å²) in [5.41, 5.74) is -0.133. The van der Waals surface area contributed by atoms with Crippen molar-refractivity contribution in [2.75, 3.05) is 0 Å². The first kappa shape index (κ1) is 17.9. The Kier molecular flexibility index (Phi) is 6.01. The van der Waals surface area contributed by atoms with Crippen LogP contribution in [0.3, 0.4) is 0 Å². The number of carbonyl (C=O) groups excluding carboxylic acids is 1. The largest absolute Gasteiger partial charge is 0.481 e. The second kappa shape index (κ2) is 7.73. The van der Waals surface area contributed by atoms with E-state index in [0.717, 1.165) is 0 Å². The number of hydrogen-bond acceptors (Lipinski definition) is 6. The van der Waals surface area contributed by atoms with Crippen LogP contribution in [-0.2, 0) is 14.3 Å². The highest BCUT2D eigenvalue weighted by atomic mass is 16.6. The van der Waals surface area contributed by atoms with Gasteiger partial charge in [-0.25, -0.2) is 9.59 Å². The van der Waals surface area contributed by atoms with E-state index in [1.807, 2.05) is 5.32 Å². The zero-order chi connectivity index (χ0) is 17.6. The molecule has 23 heavy (non-hydrogen) atoms. The third-order valence-electron chi connectivity index (χ3n) is 2.82. The van der Waals surface area contributed by atoms with Crippen molar-refractivity contribution in [2.24, 2.45) is 0 Å². The lowest BCUT2D eigenvalue weighted by Gasteiger charge is -2.17. The van der Waals surface area contributed by atoms with Gasteiger partial charge in [0.1, 0.15) is 12.1 Å². The van der Waals surface area contributed by atoms with Crippen LogP contribution in [0, 0.1) is 10.1 Å². The lowest BCUT2D eigenvalue weighted by atomic mass is 10.1. The Morgan fingerprint density at radius 2 is 1.91 bits per heavy atom. The number of carboxylic acids is 2. The van der Waals surface area contributed by atoms with Gasteiger partial charge in [-0.1, -0.05) is 12.1 Å². The summed E-state index contributed by atoms with van der Waals surface area (Å²) in [5.74, 6) is -2.95. The number of rotatable bonds is 7. The molecule has 0 aromatic heterocycles. The van der Waals surface area contributed by atoms with E-state index in [4.69, 9.17) is 14.9 Å². The number of aliphatic carboxylic acids is 2. The van der Waals surface area contributed by atoms with Crippen molar-refractivity contribution < 1.29 is 34.3 Å². The van der Waals surface area contributed by atoms with E-state index in [-0.39, 0.29) is 11.3 Å². The zero-order valence-corrected chi connectivity index (χ0v) is 12.0. The minimum absolute atomic E-state index is 0.123. The van der Waals surface area contributed by atoms with Crippen LogP contribution >= 0.6 is 0 Å². The minimum Gasteiger partial charge on any atom is -0.481 e. The van der Waals surface area contributed by atoms with Crippen molar-refractivity contribution in [1.29, 1.82) is 0 Å². The summed E-state index contributed by atoms with van der Waals surface area (Å²) in [6.07, 6.45) is -3.05. The lowest BCUT2D eigenvalue weighted by molar-refractivity contribution is -0.386.